The lowest BCUT2D eigenvalue weighted by Gasteiger charge is -2.28. The normalized spacial score (nSPS) is 16.2. The lowest BCUT2D eigenvalue weighted by Crippen LogP contribution is -2.34. The Morgan fingerprint density at radius 1 is 1.44 bits per heavy atom. The molecule has 2 heterocycles. The van der Waals surface area contributed by atoms with Crippen LogP contribution in [0.1, 0.15) is 32.3 Å². The van der Waals surface area contributed by atoms with Crippen LogP contribution in [0.15, 0.2) is 6.33 Å². The van der Waals surface area contributed by atoms with E-state index in [1.165, 1.54) is 19.2 Å². The van der Waals surface area contributed by atoms with Crippen LogP contribution in [0, 0.1) is 12.8 Å². The van der Waals surface area contributed by atoms with Crippen molar-refractivity contribution in [2.45, 2.75) is 39.2 Å². The van der Waals surface area contributed by atoms with E-state index in [0.717, 1.165) is 11.4 Å². The molecule has 0 amide bonds. The van der Waals surface area contributed by atoms with Crippen molar-refractivity contribution < 1.29 is 0 Å². The van der Waals surface area contributed by atoms with Crippen LogP contribution >= 0.6 is 11.6 Å². The molecule has 3 rings (SSSR count). The lowest BCUT2D eigenvalue weighted by molar-refractivity contribution is 0.490. The summed E-state index contributed by atoms with van der Waals surface area (Å²) in [6.45, 7) is 6.37. The Labute approximate surface area is 111 Å². The molecule has 1 aliphatic rings. The lowest BCUT2D eigenvalue weighted by atomic mass is 9.98. The van der Waals surface area contributed by atoms with Crippen LogP contribution in [0.5, 0.6) is 0 Å². The molecule has 1 fully saturated rings. The fourth-order valence-corrected chi connectivity index (χ4v) is 2.42. The smallest absolute Gasteiger partial charge is 0.255 e. The van der Waals surface area contributed by atoms with Gasteiger partial charge < -0.3 is 5.32 Å². The molecule has 2 aromatic heterocycles. The number of nitrogens with zero attached hydrogens (tertiary/aromatic N) is 4. The van der Waals surface area contributed by atoms with E-state index in [-0.39, 0.29) is 5.54 Å². The highest BCUT2D eigenvalue weighted by Gasteiger charge is 2.38. The number of aromatic nitrogens is 4. The second-order valence-electron chi connectivity index (χ2n) is 5.47. The number of halogens is 1. The monoisotopic (exact) mass is 265 g/mol. The summed E-state index contributed by atoms with van der Waals surface area (Å²) in [7, 11) is 0. The van der Waals surface area contributed by atoms with E-state index in [9.17, 15) is 0 Å². The van der Waals surface area contributed by atoms with Gasteiger partial charge in [-0.05, 0) is 39.5 Å². The van der Waals surface area contributed by atoms with E-state index in [2.05, 4.69) is 34.2 Å². The van der Waals surface area contributed by atoms with Crippen molar-refractivity contribution in [1.82, 2.24) is 19.6 Å². The van der Waals surface area contributed by atoms with Gasteiger partial charge in [0, 0.05) is 11.1 Å². The van der Waals surface area contributed by atoms with Gasteiger partial charge >= 0.3 is 0 Å². The standard InChI is InChI=1S/C12H16ClN5/c1-7-9(13)16-11-14-6-15-18(11)10(7)17-12(2,3)8-4-5-8/h6,8,17H,4-5H2,1-3H3. The average Bonchev–Trinajstić information content (AvgIpc) is 3.07. The Balaban J connectivity index is 2.09. The first-order valence-electron chi connectivity index (χ1n) is 6.13. The quantitative estimate of drug-likeness (QED) is 0.867. The molecule has 18 heavy (non-hydrogen) atoms. The van der Waals surface area contributed by atoms with Crippen LogP contribution in [-0.2, 0) is 0 Å². The van der Waals surface area contributed by atoms with Crippen molar-refractivity contribution in [3.05, 3.63) is 17.0 Å². The van der Waals surface area contributed by atoms with Crippen molar-refractivity contribution in [3.8, 4) is 0 Å². The zero-order valence-electron chi connectivity index (χ0n) is 10.7. The first-order chi connectivity index (χ1) is 8.49. The molecule has 0 atom stereocenters. The van der Waals surface area contributed by atoms with Crippen LogP contribution in [0.4, 0.5) is 5.82 Å². The van der Waals surface area contributed by atoms with E-state index < -0.39 is 0 Å². The molecule has 0 spiro atoms. The van der Waals surface area contributed by atoms with Crippen LogP contribution < -0.4 is 5.32 Å². The van der Waals surface area contributed by atoms with Crippen LogP contribution in [0.3, 0.4) is 0 Å². The van der Waals surface area contributed by atoms with Gasteiger partial charge in [0.05, 0.1) is 0 Å². The van der Waals surface area contributed by atoms with Gasteiger partial charge in [0.25, 0.3) is 5.78 Å². The second kappa shape index (κ2) is 3.82. The molecular weight excluding hydrogens is 250 g/mol. The number of hydrogen-bond acceptors (Lipinski definition) is 4. The van der Waals surface area contributed by atoms with Gasteiger partial charge in [-0.15, -0.1) is 0 Å². The number of hydrogen-bond donors (Lipinski definition) is 1. The van der Waals surface area contributed by atoms with Gasteiger partial charge in [-0.2, -0.15) is 19.6 Å². The zero-order valence-corrected chi connectivity index (χ0v) is 11.5. The number of rotatable bonds is 3. The maximum atomic E-state index is 6.14. The predicted molar refractivity (Wildman–Crippen MR) is 71.0 cm³/mol. The van der Waals surface area contributed by atoms with Gasteiger partial charge in [0.1, 0.15) is 17.3 Å². The summed E-state index contributed by atoms with van der Waals surface area (Å²) in [6, 6.07) is 0. The average molecular weight is 266 g/mol. The maximum absolute atomic E-state index is 6.14. The van der Waals surface area contributed by atoms with Crippen LogP contribution in [0.25, 0.3) is 5.78 Å². The molecule has 1 saturated carbocycles. The van der Waals surface area contributed by atoms with Crippen molar-refractivity contribution in [1.29, 1.82) is 0 Å². The summed E-state index contributed by atoms with van der Waals surface area (Å²) < 4.78 is 1.71. The molecule has 0 radical (unpaired) electrons. The third-order valence-corrected chi connectivity index (χ3v) is 4.01. The van der Waals surface area contributed by atoms with Gasteiger partial charge in [0.2, 0.25) is 0 Å². The molecule has 6 heteroatoms. The Kier molecular flexibility index (Phi) is 2.48. The molecule has 96 valence electrons. The minimum Gasteiger partial charge on any atom is -0.364 e. The maximum Gasteiger partial charge on any atom is 0.255 e. The Morgan fingerprint density at radius 3 is 2.83 bits per heavy atom. The Hall–Kier alpha value is -1.36. The number of fused-ring (bicyclic) bond motifs is 1. The molecule has 0 saturated heterocycles. The molecular formula is C12H16ClN5. The molecule has 1 aliphatic carbocycles. The molecule has 1 N–H and O–H groups in total. The highest BCUT2D eigenvalue weighted by atomic mass is 35.5. The Morgan fingerprint density at radius 2 is 2.17 bits per heavy atom. The molecule has 2 aromatic rings. The van der Waals surface area contributed by atoms with E-state index in [1.54, 1.807) is 4.52 Å². The first-order valence-corrected chi connectivity index (χ1v) is 6.51. The Bertz CT molecular complexity index is 600. The molecule has 0 aromatic carbocycles. The zero-order chi connectivity index (χ0) is 12.9. The van der Waals surface area contributed by atoms with Crippen molar-refractivity contribution in [2.75, 3.05) is 5.32 Å². The third-order valence-electron chi connectivity index (χ3n) is 3.64. The minimum absolute atomic E-state index is 0.0360. The van der Waals surface area contributed by atoms with Crippen LogP contribution in [0.2, 0.25) is 5.15 Å². The molecule has 0 aliphatic heterocycles. The van der Waals surface area contributed by atoms with Gasteiger partial charge in [-0.25, -0.2) is 0 Å². The molecule has 0 unspecified atom stereocenters. The summed E-state index contributed by atoms with van der Waals surface area (Å²) >= 11 is 6.14. The summed E-state index contributed by atoms with van der Waals surface area (Å²) in [5.41, 5.74) is 0.942. The van der Waals surface area contributed by atoms with Crippen molar-refractivity contribution >= 4 is 23.2 Å². The SMILES string of the molecule is Cc1c(Cl)nc2ncnn2c1NC(C)(C)C1CC1. The highest BCUT2D eigenvalue weighted by Crippen LogP contribution is 2.41. The summed E-state index contributed by atoms with van der Waals surface area (Å²) in [5.74, 6) is 2.13. The van der Waals surface area contributed by atoms with E-state index >= 15 is 0 Å². The topological polar surface area (TPSA) is 55.1 Å². The number of nitrogens with one attached hydrogen (secondary N) is 1. The highest BCUT2D eigenvalue weighted by molar-refractivity contribution is 6.30. The van der Waals surface area contributed by atoms with Gasteiger partial charge in [-0.3, -0.25) is 0 Å². The third kappa shape index (κ3) is 1.82. The molecule has 0 bridgehead atoms. The van der Waals surface area contributed by atoms with E-state index in [1.807, 2.05) is 6.92 Å². The van der Waals surface area contributed by atoms with Gasteiger partial charge in [-0.1, -0.05) is 11.6 Å². The van der Waals surface area contributed by atoms with Crippen molar-refractivity contribution in [3.63, 3.8) is 0 Å². The predicted octanol–water partition coefficient (Wildman–Crippen LogP) is 2.69. The van der Waals surface area contributed by atoms with E-state index in [0.29, 0.717) is 16.8 Å². The van der Waals surface area contributed by atoms with Crippen LogP contribution in [-0.4, -0.2) is 25.1 Å². The fourth-order valence-electron chi connectivity index (χ4n) is 2.26. The first kappa shape index (κ1) is 11.7. The summed E-state index contributed by atoms with van der Waals surface area (Å²) in [4.78, 5) is 8.29. The summed E-state index contributed by atoms with van der Waals surface area (Å²) in [6.07, 6.45) is 4.05. The second-order valence-corrected chi connectivity index (χ2v) is 5.83. The minimum atomic E-state index is 0.0360. The van der Waals surface area contributed by atoms with Crippen molar-refractivity contribution in [2.24, 2.45) is 5.92 Å². The number of anilines is 1. The van der Waals surface area contributed by atoms with Gasteiger partial charge in [0.15, 0.2) is 0 Å². The van der Waals surface area contributed by atoms with E-state index in [4.69, 9.17) is 11.6 Å². The summed E-state index contributed by atoms with van der Waals surface area (Å²) in [5, 5.41) is 8.24. The largest absolute Gasteiger partial charge is 0.364 e. The molecule has 5 nitrogen and oxygen atoms in total. The fraction of sp³-hybridized carbons (Fsp3) is 0.583.